The Bertz CT molecular complexity index is 1150. The Morgan fingerprint density at radius 1 is 1.00 bits per heavy atom. The molecule has 0 aromatic heterocycles. The largest absolute Gasteiger partial charge is 0.494 e. The number of hydrogen-bond acceptors (Lipinski definition) is 3. The predicted octanol–water partition coefficient (Wildman–Crippen LogP) is 6.40. The summed E-state index contributed by atoms with van der Waals surface area (Å²) in [6, 6.07) is 21.9. The van der Waals surface area contributed by atoms with E-state index in [1.165, 1.54) is 0 Å². The molecular formula is C27H28ClN3O3. The number of likely N-dealkylation sites (tertiary alicyclic amines) is 1. The molecule has 0 bridgehead atoms. The van der Waals surface area contributed by atoms with E-state index in [0.29, 0.717) is 36.0 Å². The highest BCUT2D eigenvalue weighted by Gasteiger charge is 2.25. The minimum absolute atomic E-state index is 0.122. The topological polar surface area (TPSA) is 70.7 Å². The van der Waals surface area contributed by atoms with Crippen molar-refractivity contribution in [1.29, 1.82) is 0 Å². The van der Waals surface area contributed by atoms with Crippen LogP contribution in [0.25, 0.3) is 0 Å². The van der Waals surface area contributed by atoms with Crippen LogP contribution in [-0.4, -0.2) is 36.5 Å². The van der Waals surface area contributed by atoms with Crippen molar-refractivity contribution in [3.05, 3.63) is 88.9 Å². The smallest absolute Gasteiger partial charge is 0.321 e. The molecule has 0 spiro atoms. The monoisotopic (exact) mass is 477 g/mol. The minimum atomic E-state index is -0.190. The first kappa shape index (κ1) is 23.6. The lowest BCUT2D eigenvalue weighted by Gasteiger charge is -2.33. The van der Waals surface area contributed by atoms with E-state index in [1.807, 2.05) is 54.3 Å². The quantitative estimate of drug-likeness (QED) is 0.431. The zero-order valence-electron chi connectivity index (χ0n) is 19.1. The fourth-order valence-corrected chi connectivity index (χ4v) is 4.33. The van der Waals surface area contributed by atoms with Crippen LogP contribution in [0.1, 0.15) is 41.6 Å². The van der Waals surface area contributed by atoms with E-state index in [2.05, 4.69) is 10.6 Å². The molecule has 34 heavy (non-hydrogen) atoms. The van der Waals surface area contributed by atoms with Gasteiger partial charge < -0.3 is 20.3 Å². The summed E-state index contributed by atoms with van der Waals surface area (Å²) in [6.45, 7) is 3.84. The SMILES string of the molecule is CCOc1ccc(NC(=O)N2CCC[C@H](c3cccc(C(=O)Nc4cccc(Cl)c4)c3)C2)cc1. The van der Waals surface area contributed by atoms with Crippen molar-refractivity contribution in [3.8, 4) is 5.75 Å². The molecule has 1 fully saturated rings. The molecule has 7 heteroatoms. The summed E-state index contributed by atoms with van der Waals surface area (Å²) >= 11 is 6.02. The highest BCUT2D eigenvalue weighted by atomic mass is 35.5. The second kappa shape index (κ2) is 11.1. The van der Waals surface area contributed by atoms with Gasteiger partial charge in [0.25, 0.3) is 5.91 Å². The molecule has 2 N–H and O–H groups in total. The number of ether oxygens (including phenoxy) is 1. The van der Waals surface area contributed by atoms with E-state index in [4.69, 9.17) is 16.3 Å². The van der Waals surface area contributed by atoms with Crippen LogP contribution >= 0.6 is 11.6 Å². The van der Waals surface area contributed by atoms with Gasteiger partial charge in [-0.05, 0) is 79.9 Å². The number of anilines is 2. The predicted molar refractivity (Wildman–Crippen MR) is 136 cm³/mol. The molecule has 1 aliphatic rings. The lowest BCUT2D eigenvalue weighted by molar-refractivity contribution is 0.102. The van der Waals surface area contributed by atoms with Crippen LogP contribution in [-0.2, 0) is 0 Å². The molecule has 3 aromatic rings. The molecule has 1 aliphatic heterocycles. The van der Waals surface area contributed by atoms with Gasteiger partial charge in [0.15, 0.2) is 0 Å². The van der Waals surface area contributed by atoms with E-state index < -0.39 is 0 Å². The highest BCUT2D eigenvalue weighted by molar-refractivity contribution is 6.31. The maximum absolute atomic E-state index is 12.9. The van der Waals surface area contributed by atoms with E-state index in [9.17, 15) is 9.59 Å². The van der Waals surface area contributed by atoms with Crippen LogP contribution in [0.3, 0.4) is 0 Å². The lowest BCUT2D eigenvalue weighted by atomic mass is 9.89. The Labute approximate surface area is 204 Å². The van der Waals surface area contributed by atoms with Gasteiger partial charge in [-0.3, -0.25) is 4.79 Å². The summed E-state index contributed by atoms with van der Waals surface area (Å²) in [4.78, 5) is 27.5. The average Bonchev–Trinajstić information content (AvgIpc) is 2.85. The molecule has 4 rings (SSSR count). The van der Waals surface area contributed by atoms with Crippen molar-refractivity contribution < 1.29 is 14.3 Å². The number of piperidine rings is 1. The van der Waals surface area contributed by atoms with E-state index in [-0.39, 0.29) is 17.9 Å². The maximum Gasteiger partial charge on any atom is 0.321 e. The van der Waals surface area contributed by atoms with Crippen LogP contribution in [0.15, 0.2) is 72.8 Å². The molecule has 0 aliphatic carbocycles. The van der Waals surface area contributed by atoms with Crippen molar-refractivity contribution >= 4 is 34.9 Å². The summed E-state index contributed by atoms with van der Waals surface area (Å²) in [5, 5.41) is 6.43. The highest BCUT2D eigenvalue weighted by Crippen LogP contribution is 2.28. The van der Waals surface area contributed by atoms with Crippen LogP contribution in [0.4, 0.5) is 16.2 Å². The third kappa shape index (κ3) is 6.08. The van der Waals surface area contributed by atoms with E-state index in [0.717, 1.165) is 29.8 Å². The number of benzene rings is 3. The molecule has 176 valence electrons. The molecular weight excluding hydrogens is 450 g/mol. The summed E-state index contributed by atoms with van der Waals surface area (Å²) in [5.41, 5.74) is 3.01. The third-order valence-corrected chi connectivity index (χ3v) is 6.06. The number of rotatable bonds is 6. The van der Waals surface area contributed by atoms with Crippen LogP contribution in [0.5, 0.6) is 5.75 Å². The Morgan fingerprint density at radius 3 is 2.56 bits per heavy atom. The first-order valence-electron chi connectivity index (χ1n) is 11.5. The first-order valence-corrected chi connectivity index (χ1v) is 11.9. The number of halogens is 1. The summed E-state index contributed by atoms with van der Waals surface area (Å²) < 4.78 is 5.45. The maximum atomic E-state index is 12.9. The van der Waals surface area contributed by atoms with Crippen LogP contribution < -0.4 is 15.4 Å². The van der Waals surface area contributed by atoms with Gasteiger partial charge in [0.05, 0.1) is 6.61 Å². The number of carbonyl (C=O) groups is 2. The zero-order chi connectivity index (χ0) is 23.9. The molecule has 6 nitrogen and oxygen atoms in total. The van der Waals surface area contributed by atoms with Crippen LogP contribution in [0.2, 0.25) is 5.02 Å². The molecule has 1 heterocycles. The third-order valence-electron chi connectivity index (χ3n) is 5.83. The Balaban J connectivity index is 1.39. The second-order valence-corrected chi connectivity index (χ2v) is 8.70. The standard InChI is InChI=1S/C27H28ClN3O3/c1-2-34-25-13-11-23(12-14-25)30-27(33)31-15-5-8-21(18-31)19-6-3-7-20(16-19)26(32)29-24-10-4-9-22(28)17-24/h3-4,6-7,9-14,16-17,21H,2,5,8,15,18H2,1H3,(H,29,32)(H,30,33)/t21-/m0/s1. The number of hydrogen-bond donors (Lipinski definition) is 2. The summed E-state index contributed by atoms with van der Waals surface area (Å²) in [6.07, 6.45) is 1.87. The molecule has 1 saturated heterocycles. The molecule has 0 saturated carbocycles. The molecule has 0 radical (unpaired) electrons. The van der Waals surface area contributed by atoms with Gasteiger partial charge in [0.1, 0.15) is 5.75 Å². The zero-order valence-corrected chi connectivity index (χ0v) is 19.8. The molecule has 0 unspecified atom stereocenters. The molecule has 1 atom stereocenters. The average molecular weight is 478 g/mol. The fraction of sp³-hybridized carbons (Fsp3) is 0.259. The lowest BCUT2D eigenvalue weighted by Crippen LogP contribution is -2.41. The van der Waals surface area contributed by atoms with Gasteiger partial charge in [0.2, 0.25) is 0 Å². The van der Waals surface area contributed by atoms with E-state index in [1.54, 1.807) is 30.3 Å². The Morgan fingerprint density at radius 2 is 1.79 bits per heavy atom. The van der Waals surface area contributed by atoms with Gasteiger partial charge in [-0.25, -0.2) is 4.79 Å². The number of urea groups is 1. The van der Waals surface area contributed by atoms with Gasteiger partial charge in [-0.1, -0.05) is 29.8 Å². The Kier molecular flexibility index (Phi) is 7.70. The van der Waals surface area contributed by atoms with Gasteiger partial charge in [0, 0.05) is 41.0 Å². The van der Waals surface area contributed by atoms with Gasteiger partial charge >= 0.3 is 6.03 Å². The second-order valence-electron chi connectivity index (χ2n) is 8.26. The molecule has 3 amide bonds. The minimum Gasteiger partial charge on any atom is -0.494 e. The van der Waals surface area contributed by atoms with E-state index >= 15 is 0 Å². The van der Waals surface area contributed by atoms with Crippen molar-refractivity contribution in [2.45, 2.75) is 25.7 Å². The van der Waals surface area contributed by atoms with Crippen molar-refractivity contribution in [3.63, 3.8) is 0 Å². The number of nitrogens with zero attached hydrogens (tertiary/aromatic N) is 1. The van der Waals surface area contributed by atoms with Crippen molar-refractivity contribution in [2.24, 2.45) is 0 Å². The molecule has 3 aromatic carbocycles. The van der Waals surface area contributed by atoms with Gasteiger partial charge in [-0.2, -0.15) is 0 Å². The number of nitrogens with one attached hydrogen (secondary N) is 2. The van der Waals surface area contributed by atoms with Gasteiger partial charge in [-0.15, -0.1) is 0 Å². The van der Waals surface area contributed by atoms with Crippen molar-refractivity contribution in [2.75, 3.05) is 30.3 Å². The first-order chi connectivity index (χ1) is 16.5. The summed E-state index contributed by atoms with van der Waals surface area (Å²) in [5.74, 6) is 0.751. The van der Waals surface area contributed by atoms with Crippen molar-refractivity contribution in [1.82, 2.24) is 4.90 Å². The Hall–Kier alpha value is -3.51. The number of carbonyl (C=O) groups excluding carboxylic acids is 2. The number of amides is 3. The normalized spacial score (nSPS) is 15.5. The van der Waals surface area contributed by atoms with Crippen LogP contribution in [0, 0.1) is 0 Å². The fourth-order valence-electron chi connectivity index (χ4n) is 4.14. The summed E-state index contributed by atoms with van der Waals surface area (Å²) in [7, 11) is 0.